The second-order valence-electron chi connectivity index (χ2n) is 4.46. The number of rotatable bonds is 2. The van der Waals surface area contributed by atoms with Crippen LogP contribution in [0.15, 0.2) is 24.3 Å². The molecular weight excluding hydrogens is 264 g/mol. The minimum Gasteiger partial charge on any atom is -0.506 e. The number of carbonyl (C=O) groups is 1. The Labute approximate surface area is 116 Å². The first-order chi connectivity index (χ1) is 8.90. The van der Waals surface area contributed by atoms with Crippen molar-refractivity contribution in [1.82, 2.24) is 4.57 Å². The molecule has 5 heteroatoms. The lowest BCUT2D eigenvalue weighted by atomic mass is 10.2. The SMILES string of the molecule is Cc1cc(C(=O)Nc2cc(Cl)ccc2O)c(C)n1C. The first kappa shape index (κ1) is 13.5. The van der Waals surface area contributed by atoms with Crippen molar-refractivity contribution < 1.29 is 9.90 Å². The molecule has 0 radical (unpaired) electrons. The van der Waals surface area contributed by atoms with E-state index in [1.807, 2.05) is 31.5 Å². The molecule has 0 unspecified atom stereocenters. The zero-order valence-electron chi connectivity index (χ0n) is 11.0. The number of amides is 1. The van der Waals surface area contributed by atoms with Gasteiger partial charge in [0.2, 0.25) is 0 Å². The Bertz CT molecular complexity index is 647. The van der Waals surface area contributed by atoms with Crippen LogP contribution >= 0.6 is 11.6 Å². The van der Waals surface area contributed by atoms with Crippen LogP contribution in [0.4, 0.5) is 5.69 Å². The van der Waals surface area contributed by atoms with E-state index in [0.717, 1.165) is 11.4 Å². The first-order valence-electron chi connectivity index (χ1n) is 5.83. The number of phenols is 1. The Balaban J connectivity index is 2.30. The summed E-state index contributed by atoms with van der Waals surface area (Å²) in [7, 11) is 1.90. The highest BCUT2D eigenvalue weighted by molar-refractivity contribution is 6.31. The molecule has 0 bridgehead atoms. The summed E-state index contributed by atoms with van der Waals surface area (Å²) in [4.78, 5) is 12.2. The maximum absolute atomic E-state index is 12.2. The highest BCUT2D eigenvalue weighted by atomic mass is 35.5. The Hall–Kier alpha value is -1.94. The predicted molar refractivity (Wildman–Crippen MR) is 76.0 cm³/mol. The Morgan fingerprint density at radius 1 is 1.32 bits per heavy atom. The highest BCUT2D eigenvalue weighted by Gasteiger charge is 2.15. The Morgan fingerprint density at radius 3 is 2.58 bits per heavy atom. The Morgan fingerprint density at radius 2 is 2.00 bits per heavy atom. The van der Waals surface area contributed by atoms with Gasteiger partial charge in [0.15, 0.2) is 0 Å². The molecule has 0 aliphatic heterocycles. The Kier molecular flexibility index (Phi) is 3.53. The highest BCUT2D eigenvalue weighted by Crippen LogP contribution is 2.27. The van der Waals surface area contributed by atoms with Crippen molar-refractivity contribution in [2.75, 3.05) is 5.32 Å². The molecule has 0 saturated carbocycles. The van der Waals surface area contributed by atoms with Gasteiger partial charge in [-0.05, 0) is 38.1 Å². The summed E-state index contributed by atoms with van der Waals surface area (Å²) in [5.41, 5.74) is 2.76. The van der Waals surface area contributed by atoms with Crippen molar-refractivity contribution in [3.05, 3.63) is 46.2 Å². The third-order valence-corrected chi connectivity index (χ3v) is 3.46. The van der Waals surface area contributed by atoms with Crippen LogP contribution in [0.3, 0.4) is 0 Å². The molecule has 1 aromatic carbocycles. The van der Waals surface area contributed by atoms with Crippen LogP contribution in [-0.2, 0) is 7.05 Å². The number of aromatic hydroxyl groups is 1. The summed E-state index contributed by atoms with van der Waals surface area (Å²) < 4.78 is 1.94. The third kappa shape index (κ3) is 2.58. The number of phenolic OH excluding ortho intramolecular Hbond substituents is 1. The summed E-state index contributed by atoms with van der Waals surface area (Å²) >= 11 is 5.84. The standard InChI is InChI=1S/C14H15ClN2O2/c1-8-6-11(9(2)17(8)3)14(19)16-12-7-10(15)4-5-13(12)18/h4-7,18H,1-3H3,(H,16,19). The van der Waals surface area contributed by atoms with Crippen LogP contribution in [0.5, 0.6) is 5.75 Å². The van der Waals surface area contributed by atoms with E-state index in [4.69, 9.17) is 11.6 Å². The maximum Gasteiger partial charge on any atom is 0.257 e. The molecule has 4 nitrogen and oxygen atoms in total. The van der Waals surface area contributed by atoms with Crippen molar-refractivity contribution in [3.8, 4) is 5.75 Å². The average molecular weight is 279 g/mol. The fraction of sp³-hybridized carbons (Fsp3) is 0.214. The molecule has 100 valence electrons. The number of hydrogen-bond donors (Lipinski definition) is 2. The van der Waals surface area contributed by atoms with Crippen molar-refractivity contribution in [1.29, 1.82) is 0 Å². The number of benzene rings is 1. The average Bonchev–Trinajstić information content (AvgIpc) is 2.62. The van der Waals surface area contributed by atoms with E-state index in [-0.39, 0.29) is 11.7 Å². The molecule has 0 aliphatic rings. The van der Waals surface area contributed by atoms with E-state index in [1.165, 1.54) is 12.1 Å². The molecule has 2 rings (SSSR count). The van der Waals surface area contributed by atoms with Gasteiger partial charge in [-0.3, -0.25) is 4.79 Å². The second-order valence-corrected chi connectivity index (χ2v) is 4.90. The van der Waals surface area contributed by atoms with Gasteiger partial charge in [0.05, 0.1) is 11.3 Å². The molecule has 1 heterocycles. The molecular formula is C14H15ClN2O2. The van der Waals surface area contributed by atoms with Gasteiger partial charge in [-0.25, -0.2) is 0 Å². The molecule has 0 fully saturated rings. The van der Waals surface area contributed by atoms with Crippen LogP contribution < -0.4 is 5.32 Å². The van der Waals surface area contributed by atoms with E-state index >= 15 is 0 Å². The van der Waals surface area contributed by atoms with Gasteiger partial charge >= 0.3 is 0 Å². The lowest BCUT2D eigenvalue weighted by Gasteiger charge is -2.08. The quantitative estimate of drug-likeness (QED) is 0.829. The number of aromatic nitrogens is 1. The zero-order valence-corrected chi connectivity index (χ0v) is 11.7. The molecule has 1 aromatic heterocycles. The van der Waals surface area contributed by atoms with Crippen molar-refractivity contribution in [2.24, 2.45) is 7.05 Å². The van der Waals surface area contributed by atoms with E-state index in [1.54, 1.807) is 6.07 Å². The fourth-order valence-corrected chi connectivity index (χ4v) is 2.06. The zero-order chi connectivity index (χ0) is 14.2. The summed E-state index contributed by atoms with van der Waals surface area (Å²) in [5, 5.41) is 12.8. The van der Waals surface area contributed by atoms with Gasteiger partial charge in [-0.1, -0.05) is 11.6 Å². The first-order valence-corrected chi connectivity index (χ1v) is 6.20. The molecule has 1 amide bonds. The summed E-state index contributed by atoms with van der Waals surface area (Å²) in [6, 6.07) is 6.33. The largest absolute Gasteiger partial charge is 0.506 e. The second kappa shape index (κ2) is 4.97. The molecule has 0 saturated heterocycles. The maximum atomic E-state index is 12.2. The van der Waals surface area contributed by atoms with Gasteiger partial charge < -0.3 is 15.0 Å². The number of carbonyl (C=O) groups excluding carboxylic acids is 1. The molecule has 0 aliphatic carbocycles. The van der Waals surface area contributed by atoms with Crippen molar-refractivity contribution in [3.63, 3.8) is 0 Å². The van der Waals surface area contributed by atoms with E-state index in [2.05, 4.69) is 5.32 Å². The molecule has 19 heavy (non-hydrogen) atoms. The van der Waals surface area contributed by atoms with E-state index in [9.17, 15) is 9.90 Å². The number of nitrogens with zero attached hydrogens (tertiary/aromatic N) is 1. The van der Waals surface area contributed by atoms with Crippen molar-refractivity contribution in [2.45, 2.75) is 13.8 Å². The number of aryl methyl sites for hydroxylation is 1. The minimum absolute atomic E-state index is 0.0111. The molecule has 0 spiro atoms. The number of nitrogens with one attached hydrogen (secondary N) is 1. The van der Waals surface area contributed by atoms with E-state index in [0.29, 0.717) is 16.3 Å². The van der Waals surface area contributed by atoms with Gasteiger partial charge in [-0.15, -0.1) is 0 Å². The molecule has 0 atom stereocenters. The van der Waals surface area contributed by atoms with Crippen molar-refractivity contribution >= 4 is 23.2 Å². The summed E-state index contributed by atoms with van der Waals surface area (Å²) in [5.74, 6) is -0.276. The summed E-state index contributed by atoms with van der Waals surface area (Å²) in [6.45, 7) is 3.81. The minimum atomic E-state index is -0.265. The fourth-order valence-electron chi connectivity index (χ4n) is 1.88. The van der Waals surface area contributed by atoms with Crippen LogP contribution in [-0.4, -0.2) is 15.6 Å². The van der Waals surface area contributed by atoms with Crippen LogP contribution in [0.2, 0.25) is 5.02 Å². The van der Waals surface area contributed by atoms with Gasteiger partial charge in [0, 0.05) is 23.5 Å². The third-order valence-electron chi connectivity index (χ3n) is 3.23. The van der Waals surface area contributed by atoms with Crippen LogP contribution in [0.1, 0.15) is 21.7 Å². The lowest BCUT2D eigenvalue weighted by Crippen LogP contribution is -2.13. The lowest BCUT2D eigenvalue weighted by molar-refractivity contribution is 0.102. The smallest absolute Gasteiger partial charge is 0.257 e. The van der Waals surface area contributed by atoms with Gasteiger partial charge in [-0.2, -0.15) is 0 Å². The summed E-state index contributed by atoms with van der Waals surface area (Å²) in [6.07, 6.45) is 0. The topological polar surface area (TPSA) is 54.3 Å². The normalized spacial score (nSPS) is 10.5. The van der Waals surface area contributed by atoms with Gasteiger partial charge in [0.25, 0.3) is 5.91 Å². The number of anilines is 1. The van der Waals surface area contributed by atoms with Gasteiger partial charge in [0.1, 0.15) is 5.75 Å². The van der Waals surface area contributed by atoms with Crippen LogP contribution in [0.25, 0.3) is 0 Å². The monoisotopic (exact) mass is 278 g/mol. The number of hydrogen-bond acceptors (Lipinski definition) is 2. The number of halogens is 1. The molecule has 2 aromatic rings. The molecule has 2 N–H and O–H groups in total. The van der Waals surface area contributed by atoms with Crippen LogP contribution in [0, 0.1) is 13.8 Å². The predicted octanol–water partition coefficient (Wildman–Crippen LogP) is 3.25. The van der Waals surface area contributed by atoms with E-state index < -0.39 is 0 Å².